The zero-order valence-electron chi connectivity index (χ0n) is 15.9. The van der Waals surface area contributed by atoms with Crippen LogP contribution in [-0.4, -0.2) is 25.0 Å². The third kappa shape index (κ3) is 6.40. The number of nitrogens with one attached hydrogen (secondary N) is 1. The Morgan fingerprint density at radius 3 is 2.19 bits per heavy atom. The van der Waals surface area contributed by atoms with E-state index in [1.165, 1.54) is 0 Å². The van der Waals surface area contributed by atoms with Gasteiger partial charge in [0.25, 0.3) is 5.91 Å². The van der Waals surface area contributed by atoms with Gasteiger partial charge in [-0.2, -0.15) is 0 Å². The van der Waals surface area contributed by atoms with Crippen molar-refractivity contribution in [3.8, 4) is 0 Å². The summed E-state index contributed by atoms with van der Waals surface area (Å²) in [6.45, 7) is 6.14. The molecule has 0 saturated heterocycles. The second kappa shape index (κ2) is 10.1. The standard InChI is InChI=1S/C22H26ClNO3/c1-15(2)21(18-9-11-19(23)12-10-18)22(26)27-14-20(25)24-13-16(3)17-7-5-4-6-8-17/h4-12,15-16,21H,13-14H2,1-3H3,(H,24,25)/t16-,21+/m0/s1. The summed E-state index contributed by atoms with van der Waals surface area (Å²) in [6, 6.07) is 17.1. The molecular formula is C22H26ClNO3. The van der Waals surface area contributed by atoms with Gasteiger partial charge in [0.05, 0.1) is 5.92 Å². The maximum atomic E-state index is 12.5. The number of halogens is 1. The number of hydrogen-bond donors (Lipinski definition) is 1. The molecule has 0 heterocycles. The van der Waals surface area contributed by atoms with E-state index in [4.69, 9.17) is 16.3 Å². The third-order valence-corrected chi connectivity index (χ3v) is 4.72. The molecule has 0 aliphatic heterocycles. The smallest absolute Gasteiger partial charge is 0.314 e. The molecule has 0 spiro atoms. The number of amides is 1. The summed E-state index contributed by atoms with van der Waals surface area (Å²) in [4.78, 5) is 24.6. The maximum Gasteiger partial charge on any atom is 0.314 e. The number of rotatable bonds is 8. The first kappa shape index (κ1) is 21.0. The minimum atomic E-state index is -0.432. The van der Waals surface area contributed by atoms with E-state index in [1.807, 2.05) is 63.2 Å². The molecular weight excluding hydrogens is 362 g/mol. The molecule has 144 valence electrons. The van der Waals surface area contributed by atoms with Crippen LogP contribution in [0.2, 0.25) is 5.02 Å². The zero-order valence-corrected chi connectivity index (χ0v) is 16.7. The Kier molecular flexibility index (Phi) is 7.86. The number of carbonyl (C=O) groups excluding carboxylic acids is 2. The van der Waals surface area contributed by atoms with Crippen molar-refractivity contribution in [1.82, 2.24) is 5.32 Å². The maximum absolute atomic E-state index is 12.5. The summed E-state index contributed by atoms with van der Waals surface area (Å²) in [5.74, 6) is -0.912. The van der Waals surface area contributed by atoms with E-state index < -0.39 is 11.9 Å². The van der Waals surface area contributed by atoms with Crippen LogP contribution >= 0.6 is 11.6 Å². The largest absolute Gasteiger partial charge is 0.455 e. The van der Waals surface area contributed by atoms with Crippen LogP contribution in [0.5, 0.6) is 0 Å². The molecule has 0 unspecified atom stereocenters. The highest BCUT2D eigenvalue weighted by atomic mass is 35.5. The number of hydrogen-bond acceptors (Lipinski definition) is 3. The summed E-state index contributed by atoms with van der Waals surface area (Å²) in [5, 5.41) is 3.43. The molecule has 0 radical (unpaired) electrons. The first-order chi connectivity index (χ1) is 12.9. The molecule has 2 aromatic rings. The van der Waals surface area contributed by atoms with Gasteiger partial charge < -0.3 is 10.1 Å². The van der Waals surface area contributed by atoms with E-state index in [-0.39, 0.29) is 24.3 Å². The van der Waals surface area contributed by atoms with E-state index in [1.54, 1.807) is 12.1 Å². The molecule has 27 heavy (non-hydrogen) atoms. The summed E-state index contributed by atoms with van der Waals surface area (Å²) >= 11 is 5.91. The first-order valence-electron chi connectivity index (χ1n) is 9.12. The van der Waals surface area contributed by atoms with Crippen LogP contribution in [0, 0.1) is 5.92 Å². The number of esters is 1. The highest BCUT2D eigenvalue weighted by Crippen LogP contribution is 2.27. The molecule has 0 saturated carbocycles. The van der Waals surface area contributed by atoms with E-state index in [2.05, 4.69) is 5.32 Å². The van der Waals surface area contributed by atoms with Gasteiger partial charge >= 0.3 is 5.97 Å². The molecule has 0 fully saturated rings. The Balaban J connectivity index is 1.85. The van der Waals surface area contributed by atoms with Gasteiger partial charge in [0, 0.05) is 11.6 Å². The second-order valence-electron chi connectivity index (χ2n) is 7.00. The Bertz CT molecular complexity index is 744. The fourth-order valence-corrected chi connectivity index (χ4v) is 3.03. The van der Waals surface area contributed by atoms with Gasteiger partial charge in [-0.25, -0.2) is 0 Å². The van der Waals surface area contributed by atoms with E-state index >= 15 is 0 Å². The average Bonchev–Trinajstić information content (AvgIpc) is 2.66. The lowest BCUT2D eigenvalue weighted by Crippen LogP contribution is -2.33. The minimum Gasteiger partial charge on any atom is -0.455 e. The van der Waals surface area contributed by atoms with Crippen molar-refractivity contribution in [2.24, 2.45) is 5.92 Å². The third-order valence-electron chi connectivity index (χ3n) is 4.47. The Labute approximate surface area is 165 Å². The molecule has 2 atom stereocenters. The lowest BCUT2D eigenvalue weighted by Gasteiger charge is -2.20. The number of ether oxygens (including phenoxy) is 1. The Hall–Kier alpha value is -2.33. The first-order valence-corrected chi connectivity index (χ1v) is 9.50. The van der Waals surface area contributed by atoms with Crippen molar-refractivity contribution < 1.29 is 14.3 Å². The average molecular weight is 388 g/mol. The van der Waals surface area contributed by atoms with Crippen LogP contribution < -0.4 is 5.32 Å². The van der Waals surface area contributed by atoms with Crippen LogP contribution in [0.3, 0.4) is 0 Å². The van der Waals surface area contributed by atoms with Crippen molar-refractivity contribution in [3.05, 3.63) is 70.7 Å². The molecule has 0 bridgehead atoms. The molecule has 0 aliphatic carbocycles. The minimum absolute atomic E-state index is 0.0415. The summed E-state index contributed by atoms with van der Waals surface area (Å²) < 4.78 is 5.27. The predicted molar refractivity (Wildman–Crippen MR) is 108 cm³/mol. The highest BCUT2D eigenvalue weighted by Gasteiger charge is 2.26. The molecule has 1 N–H and O–H groups in total. The van der Waals surface area contributed by atoms with Gasteiger partial charge in [-0.1, -0.05) is 74.8 Å². The SMILES string of the molecule is CC(C)[C@@H](C(=O)OCC(=O)NC[C@H](C)c1ccccc1)c1ccc(Cl)cc1. The van der Waals surface area contributed by atoms with Crippen molar-refractivity contribution in [2.75, 3.05) is 13.2 Å². The van der Waals surface area contributed by atoms with Crippen LogP contribution in [0.25, 0.3) is 0 Å². The normalized spacial score (nSPS) is 13.1. The lowest BCUT2D eigenvalue weighted by molar-refractivity contribution is -0.151. The van der Waals surface area contributed by atoms with Crippen LogP contribution in [0.4, 0.5) is 0 Å². The van der Waals surface area contributed by atoms with Crippen LogP contribution in [0.15, 0.2) is 54.6 Å². The van der Waals surface area contributed by atoms with Gasteiger partial charge in [0.2, 0.25) is 0 Å². The van der Waals surface area contributed by atoms with E-state index in [0.29, 0.717) is 11.6 Å². The summed E-state index contributed by atoms with van der Waals surface area (Å²) in [7, 11) is 0. The lowest BCUT2D eigenvalue weighted by atomic mass is 9.88. The molecule has 4 nitrogen and oxygen atoms in total. The van der Waals surface area contributed by atoms with E-state index in [9.17, 15) is 9.59 Å². The van der Waals surface area contributed by atoms with E-state index in [0.717, 1.165) is 11.1 Å². The highest BCUT2D eigenvalue weighted by molar-refractivity contribution is 6.30. The van der Waals surface area contributed by atoms with Crippen molar-refractivity contribution in [3.63, 3.8) is 0 Å². The summed E-state index contributed by atoms with van der Waals surface area (Å²) in [5.41, 5.74) is 1.98. The molecule has 0 aliphatic rings. The molecule has 2 rings (SSSR count). The molecule has 2 aromatic carbocycles. The molecule has 0 aromatic heterocycles. The van der Waals surface area contributed by atoms with Crippen LogP contribution in [0.1, 0.15) is 43.7 Å². The summed E-state index contributed by atoms with van der Waals surface area (Å²) in [6.07, 6.45) is 0. The topological polar surface area (TPSA) is 55.4 Å². The van der Waals surface area contributed by atoms with Crippen molar-refractivity contribution in [1.29, 1.82) is 0 Å². The quantitative estimate of drug-likeness (QED) is 0.676. The zero-order chi connectivity index (χ0) is 19.8. The molecule has 1 amide bonds. The second-order valence-corrected chi connectivity index (χ2v) is 7.43. The Morgan fingerprint density at radius 1 is 0.963 bits per heavy atom. The fourth-order valence-electron chi connectivity index (χ4n) is 2.91. The Morgan fingerprint density at radius 2 is 1.59 bits per heavy atom. The number of benzene rings is 2. The van der Waals surface area contributed by atoms with Crippen LogP contribution in [-0.2, 0) is 14.3 Å². The van der Waals surface area contributed by atoms with Gasteiger partial charge in [0.15, 0.2) is 6.61 Å². The molecule has 5 heteroatoms. The van der Waals surface area contributed by atoms with Gasteiger partial charge in [-0.3, -0.25) is 9.59 Å². The number of carbonyl (C=O) groups is 2. The fraction of sp³-hybridized carbons (Fsp3) is 0.364. The monoisotopic (exact) mass is 387 g/mol. The predicted octanol–water partition coefficient (Wildman–Crippen LogP) is 4.54. The van der Waals surface area contributed by atoms with Crippen molar-refractivity contribution >= 4 is 23.5 Å². The van der Waals surface area contributed by atoms with Gasteiger partial charge in [-0.05, 0) is 35.1 Å². The van der Waals surface area contributed by atoms with Gasteiger partial charge in [0.1, 0.15) is 0 Å². The van der Waals surface area contributed by atoms with Crippen molar-refractivity contribution in [2.45, 2.75) is 32.6 Å². The van der Waals surface area contributed by atoms with Gasteiger partial charge in [-0.15, -0.1) is 0 Å².